The molecule has 0 bridgehead atoms. The second-order valence-corrected chi connectivity index (χ2v) is 5.58. The molecule has 2 nitrogen and oxygen atoms in total. The molecule has 20 heavy (non-hydrogen) atoms. The van der Waals surface area contributed by atoms with E-state index in [9.17, 15) is 0 Å². The Morgan fingerprint density at radius 1 is 1.00 bits per heavy atom. The van der Waals surface area contributed by atoms with Crippen molar-refractivity contribution in [3.8, 4) is 0 Å². The molecule has 0 aliphatic heterocycles. The smallest absolute Gasteiger partial charge is 0.0465 e. The Morgan fingerprint density at radius 2 is 1.70 bits per heavy atom. The molecule has 2 rings (SSSR count). The van der Waals surface area contributed by atoms with Gasteiger partial charge in [0.05, 0.1) is 0 Å². The van der Waals surface area contributed by atoms with E-state index in [1.54, 1.807) is 6.07 Å². The number of nitrogens with two attached hydrogens (primary N) is 1. The lowest BCUT2D eigenvalue weighted by Crippen LogP contribution is -2.23. The molecule has 0 fully saturated rings. The summed E-state index contributed by atoms with van der Waals surface area (Å²) in [6.07, 6.45) is 0. The lowest BCUT2D eigenvalue weighted by atomic mass is 10.1. The Balaban J connectivity index is 2.11. The number of hydrogen-bond acceptors (Lipinski definition) is 2. The molecular weight excluding hydrogens is 291 g/mol. The van der Waals surface area contributed by atoms with Crippen LogP contribution in [0.1, 0.15) is 18.1 Å². The number of anilines is 1. The fourth-order valence-corrected chi connectivity index (χ4v) is 2.56. The van der Waals surface area contributed by atoms with E-state index >= 15 is 0 Å². The van der Waals surface area contributed by atoms with Crippen molar-refractivity contribution in [3.05, 3.63) is 63.6 Å². The molecule has 0 atom stereocenters. The number of rotatable bonds is 5. The van der Waals surface area contributed by atoms with Gasteiger partial charge in [-0.25, -0.2) is 0 Å². The van der Waals surface area contributed by atoms with Crippen LogP contribution in [0.5, 0.6) is 0 Å². The first-order chi connectivity index (χ1) is 9.60. The number of halogens is 2. The second kappa shape index (κ2) is 6.98. The summed E-state index contributed by atoms with van der Waals surface area (Å²) in [5, 5.41) is 1.37. The van der Waals surface area contributed by atoms with E-state index < -0.39 is 0 Å². The highest BCUT2D eigenvalue weighted by Crippen LogP contribution is 2.23. The van der Waals surface area contributed by atoms with Crippen molar-refractivity contribution in [1.29, 1.82) is 0 Å². The zero-order valence-electron chi connectivity index (χ0n) is 11.4. The molecule has 106 valence electrons. The van der Waals surface area contributed by atoms with Gasteiger partial charge in [0.25, 0.3) is 0 Å². The van der Waals surface area contributed by atoms with E-state index in [2.05, 4.69) is 17.9 Å². The number of nitrogens with zero attached hydrogens (tertiary/aromatic N) is 1. The molecule has 0 aliphatic rings. The number of benzene rings is 2. The molecule has 0 unspecified atom stereocenters. The molecule has 0 saturated carbocycles. The van der Waals surface area contributed by atoms with Crippen molar-refractivity contribution in [2.75, 3.05) is 12.3 Å². The maximum atomic E-state index is 6.23. The molecule has 4 heteroatoms. The molecule has 2 N–H and O–H groups in total. The van der Waals surface area contributed by atoms with Crippen LogP contribution in [0.2, 0.25) is 10.0 Å². The van der Waals surface area contributed by atoms with Crippen LogP contribution in [-0.2, 0) is 13.1 Å². The zero-order valence-corrected chi connectivity index (χ0v) is 13.0. The third kappa shape index (κ3) is 3.89. The lowest BCUT2D eigenvalue weighted by molar-refractivity contribution is 0.272. The van der Waals surface area contributed by atoms with Gasteiger partial charge in [-0.3, -0.25) is 4.90 Å². The first-order valence-electron chi connectivity index (χ1n) is 6.59. The minimum Gasteiger partial charge on any atom is -0.398 e. The van der Waals surface area contributed by atoms with Crippen molar-refractivity contribution >= 4 is 28.9 Å². The normalized spacial score (nSPS) is 11.0. The van der Waals surface area contributed by atoms with E-state index in [1.165, 1.54) is 0 Å². The van der Waals surface area contributed by atoms with E-state index in [-0.39, 0.29) is 0 Å². The molecule has 2 aromatic carbocycles. The molecule has 0 spiro atoms. The number of para-hydroxylation sites is 1. The van der Waals surface area contributed by atoms with Crippen molar-refractivity contribution in [1.82, 2.24) is 4.90 Å². The molecule has 0 aliphatic carbocycles. The summed E-state index contributed by atoms with van der Waals surface area (Å²) in [6.45, 7) is 4.64. The third-order valence-corrected chi connectivity index (χ3v) is 3.89. The van der Waals surface area contributed by atoms with E-state index in [4.69, 9.17) is 28.9 Å². The van der Waals surface area contributed by atoms with Crippen molar-refractivity contribution in [3.63, 3.8) is 0 Å². The number of hydrogen-bond donors (Lipinski definition) is 1. The SMILES string of the molecule is CCN(Cc1ccccc1N)Cc1ccc(Cl)cc1Cl. The van der Waals surface area contributed by atoms with Gasteiger partial charge in [-0.2, -0.15) is 0 Å². The summed E-state index contributed by atoms with van der Waals surface area (Å²) >= 11 is 12.2. The highest BCUT2D eigenvalue weighted by atomic mass is 35.5. The van der Waals surface area contributed by atoms with Gasteiger partial charge in [-0.1, -0.05) is 54.4 Å². The third-order valence-electron chi connectivity index (χ3n) is 3.31. The maximum Gasteiger partial charge on any atom is 0.0465 e. The quantitative estimate of drug-likeness (QED) is 0.818. The van der Waals surface area contributed by atoms with E-state index in [0.717, 1.165) is 36.4 Å². The minimum absolute atomic E-state index is 0.661. The Morgan fingerprint density at radius 3 is 2.35 bits per heavy atom. The lowest BCUT2D eigenvalue weighted by Gasteiger charge is -2.22. The van der Waals surface area contributed by atoms with Gasteiger partial charge in [-0.15, -0.1) is 0 Å². The fraction of sp³-hybridized carbons (Fsp3) is 0.250. The Kier molecular flexibility index (Phi) is 5.30. The minimum atomic E-state index is 0.661. The standard InChI is InChI=1S/C16H18Cl2N2/c1-2-20(11-13-5-3-4-6-16(13)19)10-12-7-8-14(17)9-15(12)18/h3-9H,2,10-11,19H2,1H3. The maximum absolute atomic E-state index is 6.23. The average molecular weight is 309 g/mol. The zero-order chi connectivity index (χ0) is 14.5. The number of nitrogen functional groups attached to an aromatic ring is 1. The summed E-state index contributed by atoms with van der Waals surface area (Å²) < 4.78 is 0. The van der Waals surface area contributed by atoms with Gasteiger partial charge < -0.3 is 5.73 Å². The highest BCUT2D eigenvalue weighted by molar-refractivity contribution is 6.35. The topological polar surface area (TPSA) is 29.3 Å². The molecule has 0 heterocycles. The van der Waals surface area contributed by atoms with Crippen molar-refractivity contribution < 1.29 is 0 Å². The van der Waals surface area contributed by atoms with Gasteiger partial charge >= 0.3 is 0 Å². The van der Waals surface area contributed by atoms with Crippen molar-refractivity contribution in [2.45, 2.75) is 20.0 Å². The van der Waals surface area contributed by atoms with Crippen LogP contribution in [0.3, 0.4) is 0 Å². The van der Waals surface area contributed by atoms with Gasteiger partial charge in [0.15, 0.2) is 0 Å². The molecule has 0 saturated heterocycles. The van der Waals surface area contributed by atoms with Crippen molar-refractivity contribution in [2.24, 2.45) is 0 Å². The summed E-state index contributed by atoms with van der Waals surface area (Å²) in [5.74, 6) is 0. The summed E-state index contributed by atoms with van der Waals surface area (Å²) in [5.41, 5.74) is 9.04. The van der Waals surface area contributed by atoms with Crippen LogP contribution in [-0.4, -0.2) is 11.4 Å². The molecule has 0 amide bonds. The highest BCUT2D eigenvalue weighted by Gasteiger charge is 2.09. The Hall–Kier alpha value is -1.22. The van der Waals surface area contributed by atoms with Crippen LogP contribution in [0, 0.1) is 0 Å². The van der Waals surface area contributed by atoms with Crippen LogP contribution >= 0.6 is 23.2 Å². The molecule has 2 aromatic rings. The Labute approximate surface area is 130 Å². The first kappa shape index (κ1) is 15.2. The van der Waals surface area contributed by atoms with Gasteiger partial charge in [0, 0.05) is 28.8 Å². The predicted octanol–water partition coefficient (Wildman–Crippen LogP) is 4.60. The monoisotopic (exact) mass is 308 g/mol. The molecule has 0 aromatic heterocycles. The van der Waals surface area contributed by atoms with Crippen LogP contribution in [0.25, 0.3) is 0 Å². The fourth-order valence-electron chi connectivity index (χ4n) is 2.09. The van der Waals surface area contributed by atoms with E-state index in [0.29, 0.717) is 10.0 Å². The van der Waals surface area contributed by atoms with Crippen LogP contribution in [0.15, 0.2) is 42.5 Å². The van der Waals surface area contributed by atoms with Gasteiger partial charge in [0.1, 0.15) is 0 Å². The summed E-state index contributed by atoms with van der Waals surface area (Å²) in [7, 11) is 0. The van der Waals surface area contributed by atoms with Crippen LogP contribution in [0.4, 0.5) is 5.69 Å². The average Bonchev–Trinajstić information content (AvgIpc) is 2.43. The molecular formula is C16H18Cl2N2. The van der Waals surface area contributed by atoms with Gasteiger partial charge in [0.2, 0.25) is 0 Å². The largest absolute Gasteiger partial charge is 0.398 e. The van der Waals surface area contributed by atoms with Crippen LogP contribution < -0.4 is 5.73 Å². The molecule has 0 radical (unpaired) electrons. The van der Waals surface area contributed by atoms with Gasteiger partial charge in [-0.05, 0) is 35.9 Å². The predicted molar refractivity (Wildman–Crippen MR) is 87.1 cm³/mol. The van der Waals surface area contributed by atoms with E-state index in [1.807, 2.05) is 30.3 Å². The summed E-state index contributed by atoms with van der Waals surface area (Å²) in [6, 6.07) is 13.6. The second-order valence-electron chi connectivity index (χ2n) is 4.74. The Bertz CT molecular complexity index is 584. The first-order valence-corrected chi connectivity index (χ1v) is 7.35. The summed E-state index contributed by atoms with van der Waals surface area (Å²) in [4.78, 5) is 2.29.